The Labute approximate surface area is 38.6 Å². The van der Waals surface area contributed by atoms with Crippen molar-refractivity contribution in [2.24, 2.45) is 0 Å². The van der Waals surface area contributed by atoms with Gasteiger partial charge in [0.25, 0.3) is 0 Å². The molecule has 2 nitrogen and oxygen atoms in total. The second-order valence-electron chi connectivity index (χ2n) is 0.736. The summed E-state index contributed by atoms with van der Waals surface area (Å²) >= 11 is 0. The first kappa shape index (κ1) is 9.16. The summed E-state index contributed by atoms with van der Waals surface area (Å²) in [6, 6.07) is 0. The van der Waals surface area contributed by atoms with Gasteiger partial charge >= 0.3 is 0 Å². The molecule has 0 unspecified atom stereocenters. The third-order valence-corrected chi connectivity index (χ3v) is 0. The van der Waals surface area contributed by atoms with E-state index in [4.69, 9.17) is 4.79 Å². The van der Waals surface area contributed by atoms with E-state index in [-0.39, 0.29) is 0 Å². The predicted molar refractivity (Wildman–Crippen MR) is 26.7 cm³/mol. The van der Waals surface area contributed by atoms with Crippen LogP contribution in [-0.2, 0) is 4.79 Å². The average molecular weight is 89.1 g/mol. The fraction of sp³-hybridized carbons (Fsp3) is 0.750. The molecule has 0 spiro atoms. The van der Waals surface area contributed by atoms with E-state index in [2.05, 4.69) is 5.32 Å². The maximum Gasteiger partial charge on any atom is 0.116 e. The Morgan fingerprint density at radius 3 is 1.50 bits per heavy atom. The Bertz CT molecular complexity index is 21.5. The van der Waals surface area contributed by atoms with Gasteiger partial charge in [-0.15, -0.1) is 0 Å². The Morgan fingerprint density at radius 1 is 1.50 bits per heavy atom. The van der Waals surface area contributed by atoms with Gasteiger partial charge in [0, 0.05) is 0 Å². The highest BCUT2D eigenvalue weighted by atomic mass is 16.1. The van der Waals surface area contributed by atoms with Gasteiger partial charge in [0.2, 0.25) is 0 Å². The van der Waals surface area contributed by atoms with E-state index in [0.717, 1.165) is 6.29 Å². The maximum absolute atomic E-state index is 8.81. The van der Waals surface area contributed by atoms with E-state index in [1.807, 2.05) is 14.1 Å². The summed E-state index contributed by atoms with van der Waals surface area (Å²) in [4.78, 5) is 8.81. The predicted octanol–water partition coefficient (Wildman–Crippen LogP) is 0.0408. The molecule has 0 atom stereocenters. The van der Waals surface area contributed by atoms with Crippen LogP contribution in [-0.4, -0.2) is 20.4 Å². The molecule has 0 fully saturated rings. The molecule has 0 saturated heterocycles. The molecule has 0 radical (unpaired) electrons. The van der Waals surface area contributed by atoms with Crippen molar-refractivity contribution >= 4 is 6.29 Å². The fourth-order valence-corrected chi connectivity index (χ4v) is 0. The van der Waals surface area contributed by atoms with E-state index >= 15 is 0 Å². The van der Waals surface area contributed by atoms with E-state index < -0.39 is 0 Å². The van der Waals surface area contributed by atoms with Gasteiger partial charge in [-0.25, -0.2) is 0 Å². The molecule has 6 heavy (non-hydrogen) atoms. The van der Waals surface area contributed by atoms with Gasteiger partial charge in [-0.2, -0.15) is 0 Å². The van der Waals surface area contributed by atoms with Crippen molar-refractivity contribution < 1.29 is 4.79 Å². The highest BCUT2D eigenvalue weighted by Crippen LogP contribution is 1.13. The molecule has 2 heteroatoms. The van der Waals surface area contributed by atoms with Gasteiger partial charge in [-0.3, -0.25) is 0 Å². The van der Waals surface area contributed by atoms with Crippen LogP contribution in [0.4, 0.5) is 0 Å². The van der Waals surface area contributed by atoms with E-state index in [0.29, 0.717) is 0 Å². The molecule has 0 aliphatic rings. The van der Waals surface area contributed by atoms with Crippen LogP contribution in [0.5, 0.6) is 0 Å². The largest absolute Gasteiger partial charge is 0.323 e. The molecule has 0 aromatic rings. The molecular formula is C4H11NO. The zero-order valence-electron chi connectivity index (χ0n) is 4.49. The Morgan fingerprint density at radius 2 is 1.50 bits per heavy atom. The monoisotopic (exact) mass is 89.1 g/mol. The fourth-order valence-electron chi connectivity index (χ4n) is 0. The van der Waals surface area contributed by atoms with Crippen LogP contribution in [0.15, 0.2) is 0 Å². The Hall–Kier alpha value is -0.370. The minimum absolute atomic E-state index is 0.750. The third kappa shape index (κ3) is 183. The van der Waals surface area contributed by atoms with Crippen molar-refractivity contribution in [3.63, 3.8) is 0 Å². The lowest BCUT2D eigenvalue weighted by atomic mass is 11.0. The molecule has 0 aliphatic heterocycles. The normalized spacial score (nSPS) is 5.17. The summed E-state index contributed by atoms with van der Waals surface area (Å²) in [5.41, 5.74) is 0. The van der Waals surface area contributed by atoms with E-state index in [1.54, 1.807) is 0 Å². The van der Waals surface area contributed by atoms with Crippen molar-refractivity contribution in [2.75, 3.05) is 14.1 Å². The second-order valence-corrected chi connectivity index (χ2v) is 0.736. The highest BCUT2D eigenvalue weighted by Gasteiger charge is 1.25. The average Bonchev–Trinajstić information content (AvgIpc) is 1.39. The van der Waals surface area contributed by atoms with Crippen LogP contribution in [0.3, 0.4) is 0 Å². The summed E-state index contributed by atoms with van der Waals surface area (Å²) in [6.45, 7) is 1.44. The number of hydrogen-bond donors (Lipinski definition) is 1. The third-order valence-electron chi connectivity index (χ3n) is 0. The van der Waals surface area contributed by atoms with Gasteiger partial charge < -0.3 is 10.1 Å². The molecule has 0 bridgehead atoms. The summed E-state index contributed by atoms with van der Waals surface area (Å²) in [5.74, 6) is 0. The van der Waals surface area contributed by atoms with Gasteiger partial charge in [0.15, 0.2) is 0 Å². The zero-order valence-corrected chi connectivity index (χ0v) is 4.49. The van der Waals surface area contributed by atoms with Crippen LogP contribution in [0, 0.1) is 0 Å². The molecular weight excluding hydrogens is 78.0 g/mol. The number of hydrogen-bond acceptors (Lipinski definition) is 2. The van der Waals surface area contributed by atoms with Crippen molar-refractivity contribution in [3.8, 4) is 0 Å². The molecule has 1 N–H and O–H groups in total. The minimum Gasteiger partial charge on any atom is -0.323 e. The van der Waals surface area contributed by atoms with E-state index in [9.17, 15) is 0 Å². The molecule has 38 valence electrons. The smallest absolute Gasteiger partial charge is 0.116 e. The quantitative estimate of drug-likeness (QED) is 0.424. The van der Waals surface area contributed by atoms with Gasteiger partial charge in [-0.1, -0.05) is 0 Å². The van der Waals surface area contributed by atoms with Crippen molar-refractivity contribution in [1.82, 2.24) is 5.32 Å². The number of nitrogens with one attached hydrogen (secondary N) is 1. The van der Waals surface area contributed by atoms with Crippen LogP contribution in [0.1, 0.15) is 6.92 Å². The van der Waals surface area contributed by atoms with Crippen molar-refractivity contribution in [3.05, 3.63) is 0 Å². The number of carbonyl (C=O) groups is 1. The Kier molecular flexibility index (Phi) is 35.1. The lowest BCUT2D eigenvalue weighted by Gasteiger charge is -1.59. The topological polar surface area (TPSA) is 29.1 Å². The van der Waals surface area contributed by atoms with Crippen LogP contribution in [0.25, 0.3) is 0 Å². The SMILES string of the molecule is CC=O.CNC. The van der Waals surface area contributed by atoms with Gasteiger partial charge in [-0.05, 0) is 21.0 Å². The summed E-state index contributed by atoms with van der Waals surface area (Å²) in [6.07, 6.45) is 0.750. The molecule has 0 aromatic heterocycles. The molecule has 0 rings (SSSR count). The lowest BCUT2D eigenvalue weighted by molar-refractivity contribution is -0.106. The summed E-state index contributed by atoms with van der Waals surface area (Å²) in [7, 11) is 3.75. The number of rotatable bonds is 0. The van der Waals surface area contributed by atoms with Crippen LogP contribution < -0.4 is 5.32 Å². The van der Waals surface area contributed by atoms with Gasteiger partial charge in [0.05, 0.1) is 0 Å². The summed E-state index contributed by atoms with van der Waals surface area (Å²) < 4.78 is 0. The molecule has 0 aromatic carbocycles. The van der Waals surface area contributed by atoms with Crippen LogP contribution >= 0.6 is 0 Å². The Balaban J connectivity index is 0. The molecule has 0 saturated carbocycles. The highest BCUT2D eigenvalue weighted by molar-refractivity contribution is 5.44. The summed E-state index contributed by atoms with van der Waals surface area (Å²) in [5, 5.41) is 2.75. The maximum atomic E-state index is 8.81. The first-order valence-electron chi connectivity index (χ1n) is 1.81. The lowest BCUT2D eigenvalue weighted by Crippen LogP contribution is -1.89. The first-order valence-corrected chi connectivity index (χ1v) is 1.81. The molecule has 0 amide bonds. The first-order chi connectivity index (χ1) is 2.83. The van der Waals surface area contributed by atoms with Gasteiger partial charge in [0.1, 0.15) is 6.29 Å². The minimum atomic E-state index is 0.750. The van der Waals surface area contributed by atoms with Crippen molar-refractivity contribution in [2.45, 2.75) is 6.92 Å². The number of carbonyl (C=O) groups excluding carboxylic acids is 1. The second kappa shape index (κ2) is 23.0. The van der Waals surface area contributed by atoms with Crippen LogP contribution in [0.2, 0.25) is 0 Å². The number of aldehydes is 1. The molecule has 0 heterocycles. The standard InChI is InChI=1S/C2H7N.C2H4O/c1-3-2;1-2-3/h3H,1-2H3;2H,1H3. The molecule has 0 aliphatic carbocycles. The zero-order chi connectivity index (χ0) is 5.41. The van der Waals surface area contributed by atoms with E-state index in [1.165, 1.54) is 6.92 Å². The van der Waals surface area contributed by atoms with Crippen molar-refractivity contribution in [1.29, 1.82) is 0 Å².